The number of nitrogens with zero attached hydrogens (tertiary/aromatic N) is 1. The summed E-state index contributed by atoms with van der Waals surface area (Å²) in [6.07, 6.45) is 2.04. The van der Waals surface area contributed by atoms with Gasteiger partial charge in [-0.05, 0) is 55.8 Å². The lowest BCUT2D eigenvalue weighted by molar-refractivity contribution is -0.117. The van der Waals surface area contributed by atoms with E-state index in [2.05, 4.69) is 26.1 Å². The zero-order chi connectivity index (χ0) is 18.5. The Balaban J connectivity index is 1.73. The molecule has 0 saturated carbocycles. The molecule has 0 bridgehead atoms. The number of hydrogen-bond donors (Lipinski definition) is 1. The predicted octanol–water partition coefficient (Wildman–Crippen LogP) is 4.24. The molecule has 138 valence electrons. The molecule has 1 aliphatic heterocycles. The van der Waals surface area contributed by atoms with Crippen molar-refractivity contribution in [3.63, 3.8) is 0 Å². The molecule has 0 radical (unpaired) electrons. The van der Waals surface area contributed by atoms with Crippen molar-refractivity contribution < 1.29 is 14.3 Å². The van der Waals surface area contributed by atoms with Gasteiger partial charge in [-0.25, -0.2) is 0 Å². The highest BCUT2D eigenvalue weighted by molar-refractivity contribution is 9.10. The number of likely N-dealkylation sites (tertiary alicyclic amines) is 1. The average Bonchev–Trinajstić information content (AvgIpc) is 3.08. The van der Waals surface area contributed by atoms with Gasteiger partial charge in [0.2, 0.25) is 5.91 Å². The van der Waals surface area contributed by atoms with Crippen molar-refractivity contribution in [3.8, 4) is 11.5 Å². The monoisotopic (exact) mass is 418 g/mol. The highest BCUT2D eigenvalue weighted by atomic mass is 79.9. The number of anilines is 1. The van der Waals surface area contributed by atoms with Gasteiger partial charge in [0.05, 0.1) is 20.8 Å². The molecule has 3 rings (SSSR count). The molecule has 5 nitrogen and oxygen atoms in total. The van der Waals surface area contributed by atoms with E-state index >= 15 is 0 Å². The molecule has 0 spiro atoms. The van der Waals surface area contributed by atoms with E-state index in [1.165, 1.54) is 0 Å². The van der Waals surface area contributed by atoms with Gasteiger partial charge in [-0.2, -0.15) is 0 Å². The van der Waals surface area contributed by atoms with E-state index in [-0.39, 0.29) is 11.9 Å². The number of halogens is 1. The van der Waals surface area contributed by atoms with Crippen molar-refractivity contribution in [2.45, 2.75) is 18.9 Å². The molecular weight excluding hydrogens is 396 g/mol. The third-order valence-corrected chi connectivity index (χ3v) is 5.11. The van der Waals surface area contributed by atoms with Crippen LogP contribution in [-0.4, -0.2) is 38.1 Å². The molecule has 0 unspecified atom stereocenters. The van der Waals surface area contributed by atoms with Crippen molar-refractivity contribution in [1.82, 2.24) is 4.90 Å². The van der Waals surface area contributed by atoms with Gasteiger partial charge < -0.3 is 14.8 Å². The molecule has 1 saturated heterocycles. The van der Waals surface area contributed by atoms with Gasteiger partial charge in [-0.3, -0.25) is 9.69 Å². The maximum atomic E-state index is 12.5. The predicted molar refractivity (Wildman–Crippen MR) is 106 cm³/mol. The van der Waals surface area contributed by atoms with Crippen molar-refractivity contribution in [2.75, 3.05) is 32.6 Å². The smallest absolute Gasteiger partial charge is 0.238 e. The van der Waals surface area contributed by atoms with Crippen molar-refractivity contribution in [2.24, 2.45) is 0 Å². The summed E-state index contributed by atoms with van der Waals surface area (Å²) < 4.78 is 11.8. The third kappa shape index (κ3) is 4.37. The molecule has 1 atom stereocenters. The number of benzene rings is 2. The number of rotatable bonds is 6. The van der Waals surface area contributed by atoms with Crippen LogP contribution in [0.5, 0.6) is 11.5 Å². The Morgan fingerprint density at radius 1 is 1.23 bits per heavy atom. The van der Waals surface area contributed by atoms with E-state index in [9.17, 15) is 4.79 Å². The van der Waals surface area contributed by atoms with Crippen LogP contribution in [0.4, 0.5) is 5.69 Å². The highest BCUT2D eigenvalue weighted by Crippen LogP contribution is 2.38. The van der Waals surface area contributed by atoms with Crippen LogP contribution in [0.15, 0.2) is 46.9 Å². The first-order chi connectivity index (χ1) is 12.6. The zero-order valence-corrected chi connectivity index (χ0v) is 16.6. The lowest BCUT2D eigenvalue weighted by atomic mass is 10.0. The van der Waals surface area contributed by atoms with Crippen LogP contribution < -0.4 is 14.8 Å². The standard InChI is InChI=1S/C20H23BrN2O3/c1-25-16-8-9-19(26-2)17(12-16)18-7-4-10-23(18)13-20(24)22-15-6-3-5-14(21)11-15/h3,5-6,8-9,11-12,18H,4,7,10,13H2,1-2H3,(H,22,24)/t18-/m1/s1. The fourth-order valence-corrected chi connectivity index (χ4v) is 3.82. The molecule has 1 amide bonds. The molecule has 6 heteroatoms. The van der Waals surface area contributed by atoms with Crippen molar-refractivity contribution in [3.05, 3.63) is 52.5 Å². The van der Waals surface area contributed by atoms with Crippen molar-refractivity contribution >= 4 is 27.5 Å². The number of ether oxygens (including phenoxy) is 2. The van der Waals surface area contributed by atoms with E-state index in [1.807, 2.05) is 42.5 Å². The molecule has 2 aromatic carbocycles. The fourth-order valence-electron chi connectivity index (χ4n) is 3.42. The maximum absolute atomic E-state index is 12.5. The topological polar surface area (TPSA) is 50.8 Å². The summed E-state index contributed by atoms with van der Waals surface area (Å²) in [5.74, 6) is 1.61. The molecule has 0 aliphatic carbocycles. The number of carbonyl (C=O) groups is 1. The minimum Gasteiger partial charge on any atom is -0.497 e. The second-order valence-corrected chi connectivity index (χ2v) is 7.21. The third-order valence-electron chi connectivity index (χ3n) is 4.61. The summed E-state index contributed by atoms with van der Waals surface area (Å²) in [6.45, 7) is 1.23. The molecule has 1 aliphatic rings. The zero-order valence-electron chi connectivity index (χ0n) is 15.0. The Morgan fingerprint density at radius 2 is 2.08 bits per heavy atom. The summed E-state index contributed by atoms with van der Waals surface area (Å²) >= 11 is 3.42. The molecule has 26 heavy (non-hydrogen) atoms. The highest BCUT2D eigenvalue weighted by Gasteiger charge is 2.30. The Labute approximate surface area is 162 Å². The summed E-state index contributed by atoms with van der Waals surface area (Å²) in [5.41, 5.74) is 1.86. The summed E-state index contributed by atoms with van der Waals surface area (Å²) in [6, 6.07) is 13.6. The van der Waals surface area contributed by atoms with Gasteiger partial charge in [0.25, 0.3) is 0 Å². The lowest BCUT2D eigenvalue weighted by Crippen LogP contribution is -2.33. The van der Waals surface area contributed by atoms with Gasteiger partial charge in [0.15, 0.2) is 0 Å². The van der Waals surface area contributed by atoms with Crippen LogP contribution in [-0.2, 0) is 4.79 Å². The average molecular weight is 419 g/mol. The summed E-state index contributed by atoms with van der Waals surface area (Å²) in [7, 11) is 3.33. The van der Waals surface area contributed by atoms with Crippen LogP contribution in [0.3, 0.4) is 0 Å². The van der Waals surface area contributed by atoms with Gasteiger partial charge in [0, 0.05) is 21.8 Å². The first kappa shape index (κ1) is 18.7. The quantitative estimate of drug-likeness (QED) is 0.761. The Hall–Kier alpha value is -2.05. The van der Waals surface area contributed by atoms with E-state index in [0.29, 0.717) is 6.54 Å². The first-order valence-corrected chi connectivity index (χ1v) is 9.41. The second-order valence-electron chi connectivity index (χ2n) is 6.29. The van der Waals surface area contributed by atoms with E-state index in [1.54, 1.807) is 14.2 Å². The van der Waals surface area contributed by atoms with Crippen molar-refractivity contribution in [1.29, 1.82) is 0 Å². The molecular formula is C20H23BrN2O3. The van der Waals surface area contributed by atoms with Crippen LogP contribution in [0.2, 0.25) is 0 Å². The normalized spacial score (nSPS) is 17.1. The summed E-state index contributed by atoms with van der Waals surface area (Å²) in [5, 5.41) is 2.97. The van der Waals surface area contributed by atoms with E-state index in [0.717, 1.165) is 46.6 Å². The maximum Gasteiger partial charge on any atom is 0.238 e. The van der Waals surface area contributed by atoms with Gasteiger partial charge in [-0.15, -0.1) is 0 Å². The van der Waals surface area contributed by atoms with Gasteiger partial charge in [0.1, 0.15) is 11.5 Å². The lowest BCUT2D eigenvalue weighted by Gasteiger charge is -2.26. The fraction of sp³-hybridized carbons (Fsp3) is 0.350. The largest absolute Gasteiger partial charge is 0.497 e. The second kappa shape index (κ2) is 8.56. The number of carbonyl (C=O) groups excluding carboxylic acids is 1. The molecule has 0 aromatic heterocycles. The molecule has 1 N–H and O–H groups in total. The van der Waals surface area contributed by atoms with Crippen LogP contribution in [0.25, 0.3) is 0 Å². The molecule has 1 heterocycles. The molecule has 1 fully saturated rings. The Kier molecular flexibility index (Phi) is 6.16. The minimum absolute atomic E-state index is 0.0168. The summed E-state index contributed by atoms with van der Waals surface area (Å²) in [4.78, 5) is 14.7. The van der Waals surface area contributed by atoms with Gasteiger partial charge in [-0.1, -0.05) is 22.0 Å². The minimum atomic E-state index is -0.0168. The molecule has 2 aromatic rings. The number of methoxy groups -OCH3 is 2. The van der Waals surface area contributed by atoms with Gasteiger partial charge >= 0.3 is 0 Å². The van der Waals surface area contributed by atoms with Crippen LogP contribution >= 0.6 is 15.9 Å². The number of nitrogens with one attached hydrogen (secondary N) is 1. The van der Waals surface area contributed by atoms with Crippen LogP contribution in [0, 0.1) is 0 Å². The SMILES string of the molecule is COc1ccc(OC)c([C@H]2CCCN2CC(=O)Nc2cccc(Br)c2)c1. The first-order valence-electron chi connectivity index (χ1n) is 8.62. The van der Waals surface area contributed by atoms with E-state index < -0.39 is 0 Å². The number of amides is 1. The number of hydrogen-bond acceptors (Lipinski definition) is 4. The Morgan fingerprint density at radius 3 is 2.81 bits per heavy atom. The van der Waals surface area contributed by atoms with E-state index in [4.69, 9.17) is 9.47 Å². The van der Waals surface area contributed by atoms with Crippen LogP contribution in [0.1, 0.15) is 24.4 Å². The Bertz CT molecular complexity index is 781.